The molecule has 260 valence electrons. The third-order valence-electron chi connectivity index (χ3n) is 8.97. The van der Waals surface area contributed by atoms with Crippen LogP contribution in [0.15, 0.2) is 48.5 Å². The number of carbonyl (C=O) groups is 3. The van der Waals surface area contributed by atoms with E-state index < -0.39 is 12.0 Å². The second-order valence-electron chi connectivity index (χ2n) is 12.6. The molecule has 1 fully saturated rings. The number of tetrazole rings is 1. The number of urea groups is 2. The molecule has 1 atom stereocenters. The number of nitrogens with one attached hydrogen (secondary N) is 1. The minimum atomic E-state index is -1.11. The van der Waals surface area contributed by atoms with Crippen LogP contribution in [-0.4, -0.2) is 109 Å². The third-order valence-corrected chi connectivity index (χ3v) is 8.97. The number of aliphatic carboxylic acids is 1. The molecule has 1 aliphatic heterocycles. The zero-order valence-electron chi connectivity index (χ0n) is 28.8. The van der Waals surface area contributed by atoms with E-state index in [9.17, 15) is 19.5 Å². The fourth-order valence-corrected chi connectivity index (χ4v) is 6.20. The lowest BCUT2D eigenvalue weighted by atomic mass is 9.98. The average molecular weight is 661 g/mol. The van der Waals surface area contributed by atoms with Gasteiger partial charge in [-0.15, -0.1) is 10.2 Å². The molecule has 1 aliphatic rings. The van der Waals surface area contributed by atoms with E-state index in [1.165, 1.54) is 4.90 Å². The number of unbranched alkanes of at least 4 members (excludes halogenated alkanes) is 6. The Kier molecular flexibility index (Phi) is 14.2. The standard InChI is InChI=1S/C36H52N8O4/c1-4-7-12-21-41(22-13-8-5-2)35(47)43-24-25-44(32(27-43)34(45)46)36(48)42(23-14-9-6-3)26-28-17-19-29(20-18-28)30-15-10-11-16-31(30)33-37-39-40-38-33/h10-11,15-20,32H,4-9,12-14,21-27H2,1-3H3,(H,45,46)(H,37,38,39,40). The summed E-state index contributed by atoms with van der Waals surface area (Å²) in [7, 11) is 0. The van der Waals surface area contributed by atoms with Crippen molar-refractivity contribution in [3.05, 3.63) is 54.1 Å². The summed E-state index contributed by atoms with van der Waals surface area (Å²) in [6, 6.07) is 14.3. The predicted octanol–water partition coefficient (Wildman–Crippen LogP) is 6.52. The maximum absolute atomic E-state index is 14.1. The van der Waals surface area contributed by atoms with Gasteiger partial charge in [-0.1, -0.05) is 108 Å². The molecule has 2 heterocycles. The molecular formula is C36H52N8O4. The van der Waals surface area contributed by atoms with Crippen molar-refractivity contribution in [2.24, 2.45) is 0 Å². The lowest BCUT2D eigenvalue weighted by Crippen LogP contribution is -2.63. The molecule has 0 aliphatic carbocycles. The Morgan fingerprint density at radius 1 is 0.792 bits per heavy atom. The summed E-state index contributed by atoms with van der Waals surface area (Å²) in [6.45, 7) is 9.05. The Morgan fingerprint density at radius 2 is 1.40 bits per heavy atom. The van der Waals surface area contributed by atoms with Crippen LogP contribution in [0.1, 0.15) is 84.1 Å². The van der Waals surface area contributed by atoms with E-state index in [1.54, 1.807) is 9.80 Å². The summed E-state index contributed by atoms with van der Waals surface area (Å²) in [4.78, 5) is 47.0. The van der Waals surface area contributed by atoms with Crippen LogP contribution in [0, 0.1) is 0 Å². The number of hydrogen-bond donors (Lipinski definition) is 2. The fraction of sp³-hybridized carbons (Fsp3) is 0.556. The zero-order chi connectivity index (χ0) is 34.3. The van der Waals surface area contributed by atoms with E-state index in [-0.39, 0.29) is 25.2 Å². The van der Waals surface area contributed by atoms with Gasteiger partial charge in [0, 0.05) is 44.8 Å². The van der Waals surface area contributed by atoms with Crippen LogP contribution in [0.3, 0.4) is 0 Å². The highest BCUT2D eigenvalue weighted by Crippen LogP contribution is 2.30. The van der Waals surface area contributed by atoms with Gasteiger partial charge in [-0.2, -0.15) is 5.21 Å². The van der Waals surface area contributed by atoms with Crippen molar-refractivity contribution < 1.29 is 19.5 Å². The molecule has 0 bridgehead atoms. The van der Waals surface area contributed by atoms with Crippen molar-refractivity contribution in [3.63, 3.8) is 0 Å². The molecule has 4 rings (SSSR count). The van der Waals surface area contributed by atoms with Crippen LogP contribution < -0.4 is 0 Å². The first-order valence-electron chi connectivity index (χ1n) is 17.6. The lowest BCUT2D eigenvalue weighted by Gasteiger charge is -2.42. The highest BCUT2D eigenvalue weighted by Gasteiger charge is 2.39. The quantitative estimate of drug-likeness (QED) is 0.157. The molecule has 0 spiro atoms. The molecule has 12 heteroatoms. The highest BCUT2D eigenvalue weighted by atomic mass is 16.4. The number of carbonyl (C=O) groups excluding carboxylic acids is 2. The molecular weight excluding hydrogens is 608 g/mol. The minimum absolute atomic E-state index is 0.0186. The number of carboxylic acid groups (broad SMARTS) is 1. The van der Waals surface area contributed by atoms with E-state index >= 15 is 0 Å². The van der Waals surface area contributed by atoms with Gasteiger partial charge in [0.05, 0.1) is 6.54 Å². The maximum Gasteiger partial charge on any atom is 0.328 e. The molecule has 1 aromatic heterocycles. The maximum atomic E-state index is 14.1. The van der Waals surface area contributed by atoms with Gasteiger partial charge in [0.25, 0.3) is 0 Å². The van der Waals surface area contributed by atoms with Gasteiger partial charge in [0.2, 0.25) is 5.82 Å². The number of aromatic amines is 1. The topological polar surface area (TPSA) is 139 Å². The molecule has 4 amide bonds. The van der Waals surface area contributed by atoms with Crippen molar-refractivity contribution in [1.82, 2.24) is 40.2 Å². The second kappa shape index (κ2) is 18.8. The molecule has 1 saturated heterocycles. The summed E-state index contributed by atoms with van der Waals surface area (Å²) in [5.74, 6) is -0.583. The van der Waals surface area contributed by atoms with Gasteiger partial charge in [0.1, 0.15) is 6.04 Å². The Balaban J connectivity index is 1.48. The normalized spacial score (nSPS) is 14.6. The molecule has 2 N–H and O–H groups in total. The molecule has 0 saturated carbocycles. The fourth-order valence-electron chi connectivity index (χ4n) is 6.20. The first-order valence-corrected chi connectivity index (χ1v) is 17.6. The number of rotatable bonds is 17. The minimum Gasteiger partial charge on any atom is -0.480 e. The smallest absolute Gasteiger partial charge is 0.328 e. The number of nitrogens with zero attached hydrogens (tertiary/aromatic N) is 7. The van der Waals surface area contributed by atoms with Crippen LogP contribution >= 0.6 is 0 Å². The van der Waals surface area contributed by atoms with Gasteiger partial charge >= 0.3 is 18.0 Å². The van der Waals surface area contributed by atoms with E-state index in [0.29, 0.717) is 38.5 Å². The van der Waals surface area contributed by atoms with Crippen LogP contribution in [0.4, 0.5) is 9.59 Å². The number of aromatic nitrogens is 4. The molecule has 48 heavy (non-hydrogen) atoms. The van der Waals surface area contributed by atoms with Crippen molar-refractivity contribution in [2.45, 2.75) is 91.1 Å². The Labute approximate surface area is 284 Å². The monoisotopic (exact) mass is 660 g/mol. The summed E-state index contributed by atoms with van der Waals surface area (Å²) in [5, 5.41) is 24.8. The first-order chi connectivity index (χ1) is 23.4. The van der Waals surface area contributed by atoms with Gasteiger partial charge in [-0.05, 0) is 41.2 Å². The van der Waals surface area contributed by atoms with E-state index in [2.05, 4.69) is 41.4 Å². The number of H-pyrrole nitrogens is 1. The summed E-state index contributed by atoms with van der Waals surface area (Å²) in [5.41, 5.74) is 3.74. The number of benzene rings is 2. The van der Waals surface area contributed by atoms with Gasteiger partial charge in [0.15, 0.2) is 0 Å². The zero-order valence-corrected chi connectivity index (χ0v) is 28.8. The van der Waals surface area contributed by atoms with Gasteiger partial charge < -0.3 is 24.7 Å². The molecule has 1 unspecified atom stereocenters. The molecule has 2 aromatic carbocycles. The number of hydrogen-bond acceptors (Lipinski definition) is 6. The molecule has 12 nitrogen and oxygen atoms in total. The van der Waals surface area contributed by atoms with Crippen molar-refractivity contribution in [1.29, 1.82) is 0 Å². The van der Waals surface area contributed by atoms with Crippen molar-refractivity contribution >= 4 is 18.0 Å². The van der Waals surface area contributed by atoms with Crippen LogP contribution in [0.25, 0.3) is 22.5 Å². The predicted molar refractivity (Wildman–Crippen MR) is 186 cm³/mol. The summed E-state index contributed by atoms with van der Waals surface area (Å²) >= 11 is 0. The van der Waals surface area contributed by atoms with E-state index in [0.717, 1.165) is 80.0 Å². The third kappa shape index (κ3) is 9.77. The lowest BCUT2D eigenvalue weighted by molar-refractivity contribution is -0.144. The molecule has 0 radical (unpaired) electrons. The second-order valence-corrected chi connectivity index (χ2v) is 12.6. The van der Waals surface area contributed by atoms with Crippen LogP contribution in [-0.2, 0) is 11.3 Å². The Morgan fingerprint density at radius 3 is 1.96 bits per heavy atom. The Hall–Kier alpha value is -4.48. The van der Waals surface area contributed by atoms with Crippen molar-refractivity contribution in [2.75, 3.05) is 39.3 Å². The summed E-state index contributed by atoms with van der Waals surface area (Å²) in [6.07, 6.45) is 8.85. The first kappa shape index (κ1) is 36.4. The van der Waals surface area contributed by atoms with Gasteiger partial charge in [-0.25, -0.2) is 14.4 Å². The number of piperazine rings is 1. The van der Waals surface area contributed by atoms with E-state index in [4.69, 9.17) is 0 Å². The molecule has 3 aromatic rings. The SMILES string of the molecule is CCCCCN(CCCCC)C(=O)N1CCN(C(=O)N(CCCCC)Cc2ccc(-c3ccccc3-c3nn[nH]n3)cc2)C(C(=O)O)C1. The highest BCUT2D eigenvalue weighted by molar-refractivity contribution is 5.85. The number of carboxylic acids is 1. The van der Waals surface area contributed by atoms with Gasteiger partial charge in [-0.3, -0.25) is 0 Å². The Bertz CT molecular complexity index is 1420. The van der Waals surface area contributed by atoms with E-state index in [1.807, 2.05) is 53.4 Å². The van der Waals surface area contributed by atoms with Crippen LogP contribution in [0.5, 0.6) is 0 Å². The number of amides is 4. The van der Waals surface area contributed by atoms with Crippen molar-refractivity contribution in [3.8, 4) is 22.5 Å². The summed E-state index contributed by atoms with van der Waals surface area (Å²) < 4.78 is 0. The largest absolute Gasteiger partial charge is 0.480 e. The average Bonchev–Trinajstić information content (AvgIpc) is 3.65. The van der Waals surface area contributed by atoms with Crippen LogP contribution in [0.2, 0.25) is 0 Å².